The van der Waals surface area contributed by atoms with E-state index in [9.17, 15) is 9.59 Å². The van der Waals surface area contributed by atoms with Gasteiger partial charge in [-0.1, -0.05) is 6.07 Å². The smallest absolute Gasteiger partial charge is 0.250 e. The molecule has 0 saturated carbocycles. The van der Waals surface area contributed by atoms with Gasteiger partial charge >= 0.3 is 0 Å². The van der Waals surface area contributed by atoms with Crippen molar-refractivity contribution in [3.63, 3.8) is 0 Å². The standard InChI is InChI=1S/C10H10N2O2/c11-10(14)7-3-1-2-6-8(13)4-5-12-9(6)7/h1-3,12H,4-5H2,(H2,11,14). The summed E-state index contributed by atoms with van der Waals surface area (Å²) >= 11 is 0. The van der Waals surface area contributed by atoms with Gasteiger partial charge < -0.3 is 11.1 Å². The van der Waals surface area contributed by atoms with Crippen molar-refractivity contribution in [1.29, 1.82) is 0 Å². The van der Waals surface area contributed by atoms with Crippen molar-refractivity contribution in [1.82, 2.24) is 0 Å². The van der Waals surface area contributed by atoms with Crippen molar-refractivity contribution in [2.24, 2.45) is 5.73 Å². The van der Waals surface area contributed by atoms with Crippen LogP contribution in [-0.2, 0) is 0 Å². The van der Waals surface area contributed by atoms with Crippen molar-refractivity contribution in [2.75, 3.05) is 11.9 Å². The molecular weight excluding hydrogens is 180 g/mol. The number of nitrogens with two attached hydrogens (primary N) is 1. The number of carbonyl (C=O) groups is 2. The monoisotopic (exact) mass is 190 g/mol. The van der Waals surface area contributed by atoms with Crippen LogP contribution in [0.25, 0.3) is 0 Å². The van der Waals surface area contributed by atoms with Crippen LogP contribution >= 0.6 is 0 Å². The first-order chi connectivity index (χ1) is 6.70. The van der Waals surface area contributed by atoms with Crippen LogP contribution in [0, 0.1) is 0 Å². The number of hydrogen-bond acceptors (Lipinski definition) is 3. The van der Waals surface area contributed by atoms with Gasteiger partial charge in [-0.3, -0.25) is 9.59 Å². The fourth-order valence-corrected chi connectivity index (χ4v) is 1.62. The summed E-state index contributed by atoms with van der Waals surface area (Å²) in [5, 5.41) is 3.02. The lowest BCUT2D eigenvalue weighted by Crippen LogP contribution is -2.22. The minimum atomic E-state index is -0.510. The van der Waals surface area contributed by atoms with Crippen LogP contribution in [0.5, 0.6) is 0 Å². The Bertz CT molecular complexity index is 398. The number of amides is 1. The molecule has 0 unspecified atom stereocenters. The number of benzene rings is 1. The second-order valence-corrected chi connectivity index (χ2v) is 3.19. The third kappa shape index (κ3) is 1.25. The zero-order valence-corrected chi connectivity index (χ0v) is 7.54. The number of fused-ring (bicyclic) bond motifs is 1. The second-order valence-electron chi connectivity index (χ2n) is 3.19. The molecule has 1 aliphatic heterocycles. The van der Waals surface area contributed by atoms with Crippen LogP contribution in [0.2, 0.25) is 0 Å². The number of nitrogens with one attached hydrogen (secondary N) is 1. The maximum absolute atomic E-state index is 11.5. The highest BCUT2D eigenvalue weighted by Gasteiger charge is 2.20. The molecule has 0 aromatic heterocycles. The Morgan fingerprint density at radius 1 is 1.43 bits per heavy atom. The summed E-state index contributed by atoms with van der Waals surface area (Å²) in [5.41, 5.74) is 6.72. The predicted octanol–water partition coefficient (Wildman–Crippen LogP) is 0.784. The van der Waals surface area contributed by atoms with E-state index in [0.29, 0.717) is 29.8 Å². The van der Waals surface area contributed by atoms with Crippen molar-refractivity contribution < 1.29 is 9.59 Å². The van der Waals surface area contributed by atoms with Gasteiger partial charge in [-0.25, -0.2) is 0 Å². The first kappa shape index (κ1) is 8.74. The molecule has 0 saturated heterocycles. The van der Waals surface area contributed by atoms with Crippen LogP contribution in [0.15, 0.2) is 18.2 Å². The molecule has 1 aromatic rings. The number of para-hydroxylation sites is 1. The van der Waals surface area contributed by atoms with Gasteiger partial charge in [-0.2, -0.15) is 0 Å². The summed E-state index contributed by atoms with van der Waals surface area (Å²) in [6.45, 7) is 0.566. The highest BCUT2D eigenvalue weighted by Crippen LogP contribution is 2.25. The summed E-state index contributed by atoms with van der Waals surface area (Å²) in [6, 6.07) is 4.99. The molecule has 0 spiro atoms. The van der Waals surface area contributed by atoms with Gasteiger partial charge in [0.15, 0.2) is 5.78 Å². The Morgan fingerprint density at radius 3 is 2.93 bits per heavy atom. The highest BCUT2D eigenvalue weighted by atomic mass is 16.1. The van der Waals surface area contributed by atoms with Gasteiger partial charge in [-0.05, 0) is 12.1 Å². The van der Waals surface area contributed by atoms with Crippen LogP contribution in [0.1, 0.15) is 27.1 Å². The molecule has 3 N–H and O–H groups in total. The zero-order valence-electron chi connectivity index (χ0n) is 7.54. The van der Waals surface area contributed by atoms with Crippen LogP contribution < -0.4 is 11.1 Å². The highest BCUT2D eigenvalue weighted by molar-refractivity contribution is 6.09. The van der Waals surface area contributed by atoms with E-state index in [4.69, 9.17) is 5.73 Å². The minimum absolute atomic E-state index is 0.0573. The van der Waals surface area contributed by atoms with Crippen LogP contribution in [0.3, 0.4) is 0 Å². The summed E-state index contributed by atoms with van der Waals surface area (Å²) in [4.78, 5) is 22.5. The summed E-state index contributed by atoms with van der Waals surface area (Å²) < 4.78 is 0. The number of rotatable bonds is 1. The molecule has 1 aromatic carbocycles. The molecule has 0 fully saturated rings. The normalized spacial score (nSPS) is 14.4. The average Bonchev–Trinajstić information content (AvgIpc) is 2.17. The quantitative estimate of drug-likeness (QED) is 0.687. The maximum Gasteiger partial charge on any atom is 0.250 e. The number of primary amides is 1. The number of hydrogen-bond donors (Lipinski definition) is 2. The Balaban J connectivity index is 2.60. The molecular formula is C10H10N2O2. The van der Waals surface area contributed by atoms with Crippen molar-refractivity contribution in [3.05, 3.63) is 29.3 Å². The Kier molecular flexibility index (Phi) is 1.96. The lowest BCUT2D eigenvalue weighted by atomic mass is 9.98. The molecule has 1 heterocycles. The topological polar surface area (TPSA) is 72.2 Å². The fraction of sp³-hybridized carbons (Fsp3) is 0.200. The third-order valence-corrected chi connectivity index (χ3v) is 2.28. The number of Topliss-reactive ketones (excluding diaryl/α,β-unsaturated/α-hetero) is 1. The molecule has 14 heavy (non-hydrogen) atoms. The van der Waals surface area contributed by atoms with Crippen LogP contribution in [0.4, 0.5) is 5.69 Å². The van der Waals surface area contributed by atoms with E-state index in [2.05, 4.69) is 5.32 Å². The lowest BCUT2D eigenvalue weighted by molar-refractivity contribution is 0.0983. The molecule has 4 heteroatoms. The summed E-state index contributed by atoms with van der Waals surface area (Å²) in [6.07, 6.45) is 0.467. The van der Waals surface area contributed by atoms with E-state index in [1.807, 2.05) is 0 Å². The summed E-state index contributed by atoms with van der Waals surface area (Å²) in [5.74, 6) is -0.453. The van der Waals surface area contributed by atoms with Gasteiger partial charge in [0.05, 0.1) is 11.3 Å². The Morgan fingerprint density at radius 2 is 2.21 bits per heavy atom. The molecule has 1 amide bonds. The average molecular weight is 190 g/mol. The van der Waals surface area contributed by atoms with E-state index in [1.54, 1.807) is 18.2 Å². The second kappa shape index (κ2) is 3.14. The fourth-order valence-electron chi connectivity index (χ4n) is 1.62. The Hall–Kier alpha value is -1.84. The lowest BCUT2D eigenvalue weighted by Gasteiger charge is -2.18. The molecule has 0 bridgehead atoms. The number of anilines is 1. The van der Waals surface area contributed by atoms with E-state index in [0.717, 1.165) is 0 Å². The van der Waals surface area contributed by atoms with Crippen molar-refractivity contribution in [3.8, 4) is 0 Å². The number of ketones is 1. The number of carbonyl (C=O) groups excluding carboxylic acids is 2. The molecule has 2 rings (SSSR count). The van der Waals surface area contributed by atoms with Gasteiger partial charge in [0.1, 0.15) is 0 Å². The van der Waals surface area contributed by atoms with E-state index >= 15 is 0 Å². The van der Waals surface area contributed by atoms with Gasteiger partial charge in [0, 0.05) is 18.5 Å². The van der Waals surface area contributed by atoms with Crippen LogP contribution in [-0.4, -0.2) is 18.2 Å². The minimum Gasteiger partial charge on any atom is -0.383 e. The molecule has 72 valence electrons. The molecule has 0 atom stereocenters. The molecule has 1 aliphatic rings. The first-order valence-corrected chi connectivity index (χ1v) is 4.40. The van der Waals surface area contributed by atoms with Crippen molar-refractivity contribution in [2.45, 2.75) is 6.42 Å². The maximum atomic E-state index is 11.5. The summed E-state index contributed by atoms with van der Waals surface area (Å²) in [7, 11) is 0. The van der Waals surface area contributed by atoms with Gasteiger partial charge in [-0.15, -0.1) is 0 Å². The largest absolute Gasteiger partial charge is 0.383 e. The van der Waals surface area contributed by atoms with E-state index in [-0.39, 0.29) is 5.78 Å². The van der Waals surface area contributed by atoms with Gasteiger partial charge in [0.25, 0.3) is 5.91 Å². The SMILES string of the molecule is NC(=O)c1cccc2c1NCCC2=O. The van der Waals surface area contributed by atoms with Gasteiger partial charge in [0.2, 0.25) is 0 Å². The molecule has 0 aliphatic carbocycles. The van der Waals surface area contributed by atoms with Crippen molar-refractivity contribution >= 4 is 17.4 Å². The Labute approximate surface area is 81.1 Å². The zero-order chi connectivity index (χ0) is 10.1. The third-order valence-electron chi connectivity index (χ3n) is 2.28. The van der Waals surface area contributed by atoms with E-state index in [1.165, 1.54) is 0 Å². The predicted molar refractivity (Wildman–Crippen MR) is 52.4 cm³/mol. The van der Waals surface area contributed by atoms with E-state index < -0.39 is 5.91 Å². The molecule has 4 nitrogen and oxygen atoms in total. The molecule has 0 radical (unpaired) electrons. The first-order valence-electron chi connectivity index (χ1n) is 4.40.